The van der Waals surface area contributed by atoms with Crippen LogP contribution in [0.3, 0.4) is 0 Å². The molecule has 0 aromatic carbocycles. The van der Waals surface area contributed by atoms with Gasteiger partial charge >= 0.3 is 0 Å². The molecule has 98 valence electrons. The maximum atomic E-state index is 7.11. The van der Waals surface area contributed by atoms with Crippen molar-refractivity contribution in [2.24, 2.45) is 0 Å². The minimum atomic E-state index is -1.73. The Morgan fingerprint density at radius 3 is 1.56 bits per heavy atom. The summed E-state index contributed by atoms with van der Waals surface area (Å²) in [6, 6.07) is 1.27. The van der Waals surface area contributed by atoms with Gasteiger partial charge in [-0.15, -0.1) is 0 Å². The second-order valence-corrected chi connectivity index (χ2v) is 14.1. The Bertz CT molecular complexity index is 184. The lowest BCUT2D eigenvalue weighted by molar-refractivity contribution is 0.608. The van der Waals surface area contributed by atoms with Gasteiger partial charge in [-0.25, -0.2) is 0 Å². The van der Waals surface area contributed by atoms with Gasteiger partial charge in [-0.2, -0.15) is 11.1 Å². The van der Waals surface area contributed by atoms with E-state index in [4.69, 9.17) is 11.1 Å². The zero-order chi connectivity index (χ0) is 13.0. The largest absolute Gasteiger partial charge is 0.167 e. The van der Waals surface area contributed by atoms with Gasteiger partial charge in [0.1, 0.15) is 0 Å². The van der Waals surface area contributed by atoms with Crippen molar-refractivity contribution in [3.63, 3.8) is 0 Å². The first-order valence-corrected chi connectivity index (χ1v) is 9.97. The standard InChI is InChI=1S/C14H31ClSi/c1-8-9-10-11-12-16(15,13(2,3)4)14(5,6)7/h8-12H2,1-7H3. The van der Waals surface area contributed by atoms with Crippen LogP contribution in [-0.2, 0) is 0 Å². The van der Waals surface area contributed by atoms with Crippen molar-refractivity contribution in [3.8, 4) is 0 Å². The predicted molar refractivity (Wildman–Crippen MR) is 80.0 cm³/mol. The van der Waals surface area contributed by atoms with Crippen molar-refractivity contribution in [1.29, 1.82) is 0 Å². The van der Waals surface area contributed by atoms with E-state index in [0.717, 1.165) is 0 Å². The van der Waals surface area contributed by atoms with Crippen molar-refractivity contribution in [2.45, 2.75) is 90.3 Å². The van der Waals surface area contributed by atoms with E-state index in [1.165, 1.54) is 31.7 Å². The van der Waals surface area contributed by atoms with E-state index in [2.05, 4.69) is 48.5 Å². The van der Waals surface area contributed by atoms with E-state index < -0.39 is 7.38 Å². The quantitative estimate of drug-likeness (QED) is 0.308. The van der Waals surface area contributed by atoms with Crippen LogP contribution in [0.4, 0.5) is 0 Å². The summed E-state index contributed by atoms with van der Waals surface area (Å²) in [5, 5.41) is 0.581. The summed E-state index contributed by atoms with van der Waals surface area (Å²) in [5.74, 6) is 0. The summed E-state index contributed by atoms with van der Waals surface area (Å²) in [7, 11) is -1.73. The van der Waals surface area contributed by atoms with Gasteiger partial charge in [-0.1, -0.05) is 74.1 Å². The Kier molecular flexibility index (Phi) is 6.09. The smallest absolute Gasteiger partial charge is 0.166 e. The molecule has 0 saturated heterocycles. The average molecular weight is 263 g/mol. The Morgan fingerprint density at radius 2 is 1.25 bits per heavy atom. The Hall–Kier alpha value is 0.507. The second kappa shape index (κ2) is 5.91. The van der Waals surface area contributed by atoms with Gasteiger partial charge in [0.25, 0.3) is 0 Å². The molecule has 0 aromatic rings. The lowest BCUT2D eigenvalue weighted by Crippen LogP contribution is -2.46. The number of unbranched alkanes of at least 4 members (excludes halogenated alkanes) is 3. The summed E-state index contributed by atoms with van der Waals surface area (Å²) < 4.78 is 0. The summed E-state index contributed by atoms with van der Waals surface area (Å²) in [6.45, 7) is 16.2. The van der Waals surface area contributed by atoms with Crippen molar-refractivity contribution in [3.05, 3.63) is 0 Å². The topological polar surface area (TPSA) is 0 Å². The monoisotopic (exact) mass is 262 g/mol. The van der Waals surface area contributed by atoms with E-state index in [-0.39, 0.29) is 0 Å². The third-order valence-corrected chi connectivity index (χ3v) is 13.5. The normalized spacial score (nSPS) is 14.2. The van der Waals surface area contributed by atoms with Crippen LogP contribution < -0.4 is 0 Å². The van der Waals surface area contributed by atoms with Crippen LogP contribution in [0.1, 0.15) is 74.1 Å². The molecule has 2 heteroatoms. The zero-order valence-electron chi connectivity index (χ0n) is 12.4. The molecule has 0 aliphatic rings. The number of halogens is 1. The van der Waals surface area contributed by atoms with Gasteiger partial charge < -0.3 is 0 Å². The van der Waals surface area contributed by atoms with Crippen molar-refractivity contribution in [1.82, 2.24) is 0 Å². The van der Waals surface area contributed by atoms with E-state index in [0.29, 0.717) is 10.1 Å². The Labute approximate surface area is 109 Å². The number of rotatable bonds is 5. The third-order valence-electron chi connectivity index (χ3n) is 3.75. The van der Waals surface area contributed by atoms with Crippen LogP contribution in [0.15, 0.2) is 0 Å². The molecule has 0 amide bonds. The van der Waals surface area contributed by atoms with Gasteiger partial charge in [-0.05, 0) is 16.1 Å². The van der Waals surface area contributed by atoms with Gasteiger partial charge in [0.05, 0.1) is 0 Å². The molecule has 0 saturated carbocycles. The molecule has 16 heavy (non-hydrogen) atoms. The first-order chi connectivity index (χ1) is 7.06. The van der Waals surface area contributed by atoms with E-state index in [1.807, 2.05) is 0 Å². The number of hydrogen-bond donors (Lipinski definition) is 0. The van der Waals surface area contributed by atoms with Crippen LogP contribution in [0, 0.1) is 0 Å². The first-order valence-electron chi connectivity index (χ1n) is 6.75. The van der Waals surface area contributed by atoms with Gasteiger partial charge in [0, 0.05) is 0 Å². The molecule has 0 rings (SSSR count). The maximum Gasteiger partial charge on any atom is 0.167 e. The fraction of sp³-hybridized carbons (Fsp3) is 1.00. The number of hydrogen-bond acceptors (Lipinski definition) is 0. The fourth-order valence-electron chi connectivity index (χ4n) is 2.67. The van der Waals surface area contributed by atoms with E-state index >= 15 is 0 Å². The lowest BCUT2D eigenvalue weighted by atomic mass is 10.2. The minimum Gasteiger partial charge on any atom is -0.166 e. The van der Waals surface area contributed by atoms with Crippen LogP contribution in [0.2, 0.25) is 16.1 Å². The molecule has 0 nitrogen and oxygen atoms in total. The Balaban J connectivity index is 4.59. The second-order valence-electron chi connectivity index (χ2n) is 7.11. The SMILES string of the molecule is CCCCCC[Si](Cl)(C(C)(C)C)C(C)(C)C. The van der Waals surface area contributed by atoms with Gasteiger partial charge in [-0.3, -0.25) is 0 Å². The molecule has 0 bridgehead atoms. The Morgan fingerprint density at radius 1 is 0.812 bits per heavy atom. The van der Waals surface area contributed by atoms with Crippen LogP contribution in [-0.4, -0.2) is 7.38 Å². The molecule has 0 heterocycles. The molecule has 0 radical (unpaired) electrons. The fourth-order valence-corrected chi connectivity index (χ4v) is 7.56. The molecule has 0 aromatic heterocycles. The molecular weight excluding hydrogens is 232 g/mol. The van der Waals surface area contributed by atoms with Crippen molar-refractivity contribution in [2.75, 3.05) is 0 Å². The van der Waals surface area contributed by atoms with Crippen LogP contribution in [0.5, 0.6) is 0 Å². The van der Waals surface area contributed by atoms with Crippen molar-refractivity contribution >= 4 is 18.5 Å². The molecule has 0 atom stereocenters. The predicted octanol–water partition coefficient (Wildman–Crippen LogP) is 6.35. The van der Waals surface area contributed by atoms with Gasteiger partial charge in [0.2, 0.25) is 0 Å². The minimum absolute atomic E-state index is 0.291. The molecule has 0 spiro atoms. The summed E-state index contributed by atoms with van der Waals surface area (Å²) in [5.41, 5.74) is 0. The highest BCUT2D eigenvalue weighted by Crippen LogP contribution is 2.56. The lowest BCUT2D eigenvalue weighted by Gasteiger charge is -2.47. The third kappa shape index (κ3) is 4.07. The molecule has 0 aliphatic heterocycles. The van der Waals surface area contributed by atoms with Crippen LogP contribution >= 0.6 is 11.1 Å². The summed E-state index contributed by atoms with van der Waals surface area (Å²) >= 11 is 7.11. The first kappa shape index (κ1) is 16.5. The van der Waals surface area contributed by atoms with Gasteiger partial charge in [0.15, 0.2) is 7.38 Å². The molecule has 0 N–H and O–H groups in total. The van der Waals surface area contributed by atoms with E-state index in [9.17, 15) is 0 Å². The summed E-state index contributed by atoms with van der Waals surface area (Å²) in [6.07, 6.45) is 5.33. The molecular formula is C14H31ClSi. The average Bonchev–Trinajstić information content (AvgIpc) is 2.08. The summed E-state index contributed by atoms with van der Waals surface area (Å²) in [4.78, 5) is 0. The highest BCUT2D eigenvalue weighted by Gasteiger charge is 2.51. The van der Waals surface area contributed by atoms with Crippen LogP contribution in [0.25, 0.3) is 0 Å². The van der Waals surface area contributed by atoms with E-state index in [1.54, 1.807) is 0 Å². The van der Waals surface area contributed by atoms with Crippen molar-refractivity contribution < 1.29 is 0 Å². The molecule has 0 aliphatic carbocycles. The molecule has 0 unspecified atom stereocenters. The zero-order valence-corrected chi connectivity index (χ0v) is 14.2. The highest BCUT2D eigenvalue weighted by molar-refractivity contribution is 7.23. The highest BCUT2D eigenvalue weighted by atomic mass is 35.6. The maximum absolute atomic E-state index is 7.11. The molecule has 0 fully saturated rings.